The third-order valence-electron chi connectivity index (χ3n) is 3.28. The van der Waals surface area contributed by atoms with Gasteiger partial charge in [0.1, 0.15) is 0 Å². The molecule has 2 N–H and O–H groups in total. The molecule has 0 aromatic heterocycles. The summed E-state index contributed by atoms with van der Waals surface area (Å²) < 4.78 is 0. The Morgan fingerprint density at radius 1 is 1.31 bits per heavy atom. The molecule has 3 heteroatoms. The Kier molecular flexibility index (Phi) is 2.54. The van der Waals surface area contributed by atoms with Crippen LogP contribution in [0.15, 0.2) is 0 Å². The van der Waals surface area contributed by atoms with E-state index in [9.17, 15) is 4.79 Å². The van der Waals surface area contributed by atoms with Gasteiger partial charge in [-0.05, 0) is 25.3 Å². The van der Waals surface area contributed by atoms with E-state index in [-0.39, 0.29) is 5.91 Å². The second kappa shape index (κ2) is 3.66. The summed E-state index contributed by atoms with van der Waals surface area (Å²) in [6, 6.07) is 0.579. The van der Waals surface area contributed by atoms with Gasteiger partial charge in [-0.25, -0.2) is 0 Å². The second-order valence-corrected chi connectivity index (χ2v) is 4.47. The van der Waals surface area contributed by atoms with Gasteiger partial charge in [-0.3, -0.25) is 4.79 Å². The molecule has 0 spiro atoms. The number of amides is 1. The van der Waals surface area contributed by atoms with E-state index in [1.54, 1.807) is 0 Å². The number of nitrogens with one attached hydrogen (secondary N) is 2. The van der Waals surface area contributed by atoms with E-state index in [1.807, 2.05) is 0 Å². The lowest BCUT2D eigenvalue weighted by atomic mass is 9.88. The quantitative estimate of drug-likeness (QED) is 0.620. The zero-order chi connectivity index (χ0) is 9.26. The van der Waals surface area contributed by atoms with Crippen molar-refractivity contribution in [3.05, 3.63) is 0 Å². The van der Waals surface area contributed by atoms with Crippen molar-refractivity contribution < 1.29 is 4.79 Å². The number of rotatable bonds is 1. The van der Waals surface area contributed by atoms with Crippen molar-refractivity contribution >= 4 is 5.91 Å². The summed E-state index contributed by atoms with van der Waals surface area (Å²) in [5.41, 5.74) is 0. The van der Waals surface area contributed by atoms with E-state index >= 15 is 0 Å². The lowest BCUT2D eigenvalue weighted by Gasteiger charge is -2.31. The summed E-state index contributed by atoms with van der Waals surface area (Å²) in [6.07, 6.45) is 3.27. The first-order chi connectivity index (χ1) is 6.25. The molecule has 0 aromatic rings. The minimum atomic E-state index is 0.227. The van der Waals surface area contributed by atoms with Gasteiger partial charge in [-0.2, -0.15) is 0 Å². The molecule has 2 fully saturated rings. The van der Waals surface area contributed by atoms with Crippen LogP contribution >= 0.6 is 0 Å². The van der Waals surface area contributed by atoms with Gasteiger partial charge in [0.15, 0.2) is 0 Å². The van der Waals surface area contributed by atoms with Crippen molar-refractivity contribution in [3.63, 3.8) is 0 Å². The molecule has 13 heavy (non-hydrogen) atoms. The molecule has 0 aliphatic carbocycles. The molecule has 2 aliphatic heterocycles. The lowest BCUT2D eigenvalue weighted by molar-refractivity contribution is -0.119. The first kappa shape index (κ1) is 9.00. The van der Waals surface area contributed by atoms with Crippen LogP contribution in [0.1, 0.15) is 26.2 Å². The standard InChI is InChI=1S/C10H18N2O/c1-7-2-3-9(11-5-7)8-4-10(13)12-6-8/h7-9,11H,2-6H2,1H3,(H,12,13). The third kappa shape index (κ3) is 2.02. The SMILES string of the molecule is CC1CCC(C2CNC(=O)C2)NC1. The van der Waals surface area contributed by atoms with Crippen LogP contribution in [0.3, 0.4) is 0 Å². The predicted molar refractivity (Wildman–Crippen MR) is 51.3 cm³/mol. The van der Waals surface area contributed by atoms with Crippen molar-refractivity contribution in [2.24, 2.45) is 11.8 Å². The molecule has 1 amide bonds. The number of carbonyl (C=O) groups excluding carboxylic acids is 1. The highest BCUT2D eigenvalue weighted by atomic mass is 16.1. The van der Waals surface area contributed by atoms with Crippen LogP contribution in [-0.2, 0) is 4.79 Å². The zero-order valence-electron chi connectivity index (χ0n) is 8.18. The van der Waals surface area contributed by atoms with Crippen LogP contribution in [0, 0.1) is 11.8 Å². The first-order valence-electron chi connectivity index (χ1n) is 5.26. The highest BCUT2D eigenvalue weighted by molar-refractivity contribution is 5.78. The second-order valence-electron chi connectivity index (χ2n) is 4.47. The molecule has 0 radical (unpaired) electrons. The monoisotopic (exact) mass is 182 g/mol. The smallest absolute Gasteiger partial charge is 0.220 e. The highest BCUT2D eigenvalue weighted by Crippen LogP contribution is 2.23. The number of carbonyl (C=O) groups is 1. The van der Waals surface area contributed by atoms with Crippen molar-refractivity contribution in [3.8, 4) is 0 Å². The molecule has 2 heterocycles. The van der Waals surface area contributed by atoms with Crippen LogP contribution in [-0.4, -0.2) is 25.0 Å². The van der Waals surface area contributed by atoms with Crippen molar-refractivity contribution in [2.75, 3.05) is 13.1 Å². The average Bonchev–Trinajstić information content (AvgIpc) is 2.53. The fourth-order valence-corrected chi connectivity index (χ4v) is 2.34. The van der Waals surface area contributed by atoms with Crippen LogP contribution < -0.4 is 10.6 Å². The van der Waals surface area contributed by atoms with Gasteiger partial charge >= 0.3 is 0 Å². The van der Waals surface area contributed by atoms with E-state index in [2.05, 4.69) is 17.6 Å². The van der Waals surface area contributed by atoms with Crippen LogP contribution in [0.2, 0.25) is 0 Å². The summed E-state index contributed by atoms with van der Waals surface area (Å²) in [7, 11) is 0. The van der Waals surface area contributed by atoms with Gasteiger partial charge in [0, 0.05) is 24.9 Å². The van der Waals surface area contributed by atoms with E-state index in [1.165, 1.54) is 12.8 Å². The molecule has 0 saturated carbocycles. The van der Waals surface area contributed by atoms with Gasteiger partial charge in [-0.1, -0.05) is 6.92 Å². The molecular weight excluding hydrogens is 164 g/mol. The van der Waals surface area contributed by atoms with Crippen LogP contribution in [0.5, 0.6) is 0 Å². The Bertz CT molecular complexity index is 197. The van der Waals surface area contributed by atoms with Gasteiger partial charge < -0.3 is 10.6 Å². The van der Waals surface area contributed by atoms with Crippen molar-refractivity contribution in [2.45, 2.75) is 32.2 Å². The Morgan fingerprint density at radius 2 is 2.15 bits per heavy atom. The third-order valence-corrected chi connectivity index (χ3v) is 3.28. The lowest BCUT2D eigenvalue weighted by Crippen LogP contribution is -2.43. The summed E-state index contributed by atoms with van der Waals surface area (Å²) in [6.45, 7) is 4.28. The van der Waals surface area contributed by atoms with Crippen molar-refractivity contribution in [1.82, 2.24) is 10.6 Å². The summed E-state index contributed by atoms with van der Waals surface area (Å²) in [5, 5.41) is 6.44. The van der Waals surface area contributed by atoms with E-state index in [4.69, 9.17) is 0 Å². The Balaban J connectivity index is 1.84. The molecule has 2 saturated heterocycles. The largest absolute Gasteiger partial charge is 0.356 e. The topological polar surface area (TPSA) is 41.1 Å². The molecule has 2 rings (SSSR count). The Hall–Kier alpha value is -0.570. The maximum Gasteiger partial charge on any atom is 0.220 e. The molecule has 2 aliphatic rings. The molecule has 3 nitrogen and oxygen atoms in total. The Labute approximate surface area is 79.3 Å². The summed E-state index contributed by atoms with van der Waals surface area (Å²) in [4.78, 5) is 11.0. The molecule has 3 atom stereocenters. The summed E-state index contributed by atoms with van der Waals surface area (Å²) >= 11 is 0. The fourth-order valence-electron chi connectivity index (χ4n) is 2.34. The minimum absolute atomic E-state index is 0.227. The molecule has 3 unspecified atom stereocenters. The molecular formula is C10H18N2O. The van der Waals surface area contributed by atoms with E-state index < -0.39 is 0 Å². The number of hydrogen-bond acceptors (Lipinski definition) is 2. The minimum Gasteiger partial charge on any atom is -0.356 e. The van der Waals surface area contributed by atoms with E-state index in [0.717, 1.165) is 25.4 Å². The highest BCUT2D eigenvalue weighted by Gasteiger charge is 2.30. The molecule has 0 aromatic carbocycles. The average molecular weight is 182 g/mol. The fraction of sp³-hybridized carbons (Fsp3) is 0.900. The zero-order valence-corrected chi connectivity index (χ0v) is 8.18. The van der Waals surface area contributed by atoms with Gasteiger partial charge in [0.25, 0.3) is 0 Å². The Morgan fingerprint density at radius 3 is 2.69 bits per heavy atom. The van der Waals surface area contributed by atoms with Gasteiger partial charge in [0.2, 0.25) is 5.91 Å². The maximum absolute atomic E-state index is 11.0. The first-order valence-corrected chi connectivity index (χ1v) is 5.26. The normalized spacial score (nSPS) is 40.4. The van der Waals surface area contributed by atoms with E-state index in [0.29, 0.717) is 12.0 Å². The number of hydrogen-bond donors (Lipinski definition) is 2. The van der Waals surface area contributed by atoms with Crippen molar-refractivity contribution in [1.29, 1.82) is 0 Å². The molecule has 0 bridgehead atoms. The van der Waals surface area contributed by atoms with Gasteiger partial charge in [0.05, 0.1) is 0 Å². The van der Waals surface area contributed by atoms with Crippen LogP contribution in [0.4, 0.5) is 0 Å². The number of piperidine rings is 1. The predicted octanol–water partition coefficient (Wildman–Crippen LogP) is 0.511. The van der Waals surface area contributed by atoms with Gasteiger partial charge in [-0.15, -0.1) is 0 Å². The summed E-state index contributed by atoms with van der Waals surface area (Å²) in [5.74, 6) is 1.58. The van der Waals surface area contributed by atoms with Crippen LogP contribution in [0.25, 0.3) is 0 Å². The molecule has 74 valence electrons. The maximum atomic E-state index is 11.0.